The maximum absolute atomic E-state index is 6.00. The molecule has 1 aliphatic rings. The molecule has 0 spiro atoms. The van der Waals surface area contributed by atoms with Crippen LogP contribution in [0.5, 0.6) is 5.75 Å². The van der Waals surface area contributed by atoms with Crippen molar-refractivity contribution >= 4 is 5.96 Å². The second kappa shape index (κ2) is 13.5. The average Bonchev–Trinajstić information content (AvgIpc) is 2.72. The number of piperidine rings is 1. The topological polar surface area (TPSA) is 58.1 Å². The molecule has 0 unspecified atom stereocenters. The third-order valence-corrected chi connectivity index (χ3v) is 5.29. The van der Waals surface area contributed by atoms with Gasteiger partial charge in [-0.1, -0.05) is 32.0 Å². The molecule has 0 atom stereocenters. The van der Waals surface area contributed by atoms with E-state index in [1.165, 1.54) is 5.56 Å². The Labute approximate surface area is 183 Å². The van der Waals surface area contributed by atoms with Gasteiger partial charge in [0.2, 0.25) is 0 Å². The minimum absolute atomic E-state index is 0.311. The van der Waals surface area contributed by atoms with Crippen molar-refractivity contribution in [1.29, 1.82) is 0 Å². The predicted molar refractivity (Wildman–Crippen MR) is 126 cm³/mol. The van der Waals surface area contributed by atoms with Crippen molar-refractivity contribution in [2.75, 3.05) is 45.9 Å². The van der Waals surface area contributed by atoms with E-state index in [2.05, 4.69) is 62.3 Å². The van der Waals surface area contributed by atoms with Crippen molar-refractivity contribution in [1.82, 2.24) is 15.5 Å². The number of aliphatic imine (C=N–C) groups is 1. The van der Waals surface area contributed by atoms with Gasteiger partial charge in [-0.2, -0.15) is 0 Å². The van der Waals surface area contributed by atoms with Gasteiger partial charge >= 0.3 is 0 Å². The Morgan fingerprint density at radius 1 is 1.13 bits per heavy atom. The van der Waals surface area contributed by atoms with Gasteiger partial charge in [0.25, 0.3) is 0 Å². The molecule has 0 amide bonds. The molecule has 1 saturated heterocycles. The lowest BCUT2D eigenvalue weighted by Crippen LogP contribution is -2.49. The molecule has 1 aromatic rings. The zero-order chi connectivity index (χ0) is 21.8. The molecular formula is C24H42N4O2. The van der Waals surface area contributed by atoms with E-state index in [0.717, 1.165) is 57.3 Å². The number of benzene rings is 1. The van der Waals surface area contributed by atoms with E-state index >= 15 is 0 Å². The smallest absolute Gasteiger partial charge is 0.191 e. The number of hydrogen-bond donors (Lipinski definition) is 2. The molecule has 1 heterocycles. The molecule has 0 aromatic heterocycles. The van der Waals surface area contributed by atoms with E-state index in [-0.39, 0.29) is 0 Å². The van der Waals surface area contributed by atoms with Crippen molar-refractivity contribution in [3.8, 4) is 5.75 Å². The molecule has 2 rings (SSSR count). The zero-order valence-electron chi connectivity index (χ0n) is 19.6. The first-order valence-electron chi connectivity index (χ1n) is 11.6. The third kappa shape index (κ3) is 8.92. The summed E-state index contributed by atoms with van der Waals surface area (Å²) in [7, 11) is 0. The van der Waals surface area contributed by atoms with Crippen molar-refractivity contribution in [2.45, 2.75) is 65.5 Å². The highest BCUT2D eigenvalue weighted by atomic mass is 16.5. The van der Waals surface area contributed by atoms with Crippen LogP contribution >= 0.6 is 0 Å². The second-order valence-electron chi connectivity index (χ2n) is 8.48. The van der Waals surface area contributed by atoms with E-state index in [1.54, 1.807) is 0 Å². The monoisotopic (exact) mass is 418 g/mol. The van der Waals surface area contributed by atoms with Gasteiger partial charge < -0.3 is 25.0 Å². The summed E-state index contributed by atoms with van der Waals surface area (Å²) < 4.78 is 11.7. The Balaban J connectivity index is 1.74. The third-order valence-electron chi connectivity index (χ3n) is 5.29. The standard InChI is InChI=1S/C24H42N4O2/c1-6-25-24(26-13-17-30-23-10-8-7-9-22(23)19(2)3)27-21-11-14-28(15-12-21)16-18-29-20(4)5/h7-10,19-21H,6,11-18H2,1-5H3,(H2,25,26,27). The maximum Gasteiger partial charge on any atom is 0.191 e. The Hall–Kier alpha value is -1.79. The van der Waals surface area contributed by atoms with Crippen molar-refractivity contribution in [2.24, 2.45) is 4.99 Å². The number of nitrogens with zero attached hydrogens (tertiary/aromatic N) is 2. The number of guanidine groups is 1. The number of likely N-dealkylation sites (tertiary alicyclic amines) is 1. The van der Waals surface area contributed by atoms with Gasteiger partial charge in [-0.25, -0.2) is 4.99 Å². The Kier molecular flexibility index (Phi) is 11.0. The normalized spacial score (nSPS) is 16.3. The van der Waals surface area contributed by atoms with Crippen LogP contribution in [0.4, 0.5) is 0 Å². The largest absolute Gasteiger partial charge is 0.491 e. The average molecular weight is 419 g/mol. The van der Waals surface area contributed by atoms with Gasteiger partial charge in [-0.3, -0.25) is 0 Å². The number of nitrogens with one attached hydrogen (secondary N) is 2. The van der Waals surface area contributed by atoms with Gasteiger partial charge in [-0.15, -0.1) is 0 Å². The number of hydrogen-bond acceptors (Lipinski definition) is 4. The van der Waals surface area contributed by atoms with Crippen LogP contribution in [0.25, 0.3) is 0 Å². The molecular weight excluding hydrogens is 376 g/mol. The Morgan fingerprint density at radius 2 is 1.87 bits per heavy atom. The van der Waals surface area contributed by atoms with Gasteiger partial charge in [0.15, 0.2) is 5.96 Å². The van der Waals surface area contributed by atoms with Crippen LogP contribution < -0.4 is 15.4 Å². The first-order valence-corrected chi connectivity index (χ1v) is 11.6. The zero-order valence-corrected chi connectivity index (χ0v) is 19.6. The molecule has 1 aromatic carbocycles. The van der Waals surface area contributed by atoms with E-state index in [1.807, 2.05) is 12.1 Å². The Morgan fingerprint density at radius 3 is 2.53 bits per heavy atom. The first kappa shape index (κ1) is 24.5. The highest BCUT2D eigenvalue weighted by molar-refractivity contribution is 5.80. The summed E-state index contributed by atoms with van der Waals surface area (Å²) in [5.74, 6) is 2.31. The lowest BCUT2D eigenvalue weighted by atomic mass is 10.0. The highest BCUT2D eigenvalue weighted by Gasteiger charge is 2.19. The van der Waals surface area contributed by atoms with Gasteiger partial charge in [0.05, 0.1) is 19.3 Å². The fraction of sp³-hybridized carbons (Fsp3) is 0.708. The van der Waals surface area contributed by atoms with Crippen molar-refractivity contribution in [3.63, 3.8) is 0 Å². The molecule has 1 aliphatic heterocycles. The fourth-order valence-corrected chi connectivity index (χ4v) is 3.63. The lowest BCUT2D eigenvalue weighted by molar-refractivity contribution is 0.0532. The number of rotatable bonds is 11. The minimum atomic E-state index is 0.311. The summed E-state index contributed by atoms with van der Waals surface area (Å²) >= 11 is 0. The van der Waals surface area contributed by atoms with Crippen LogP contribution in [0.15, 0.2) is 29.3 Å². The second-order valence-corrected chi connectivity index (χ2v) is 8.48. The van der Waals surface area contributed by atoms with Gasteiger partial charge in [0.1, 0.15) is 12.4 Å². The number of para-hydroxylation sites is 1. The summed E-state index contributed by atoms with van der Waals surface area (Å²) in [6, 6.07) is 8.74. The first-order chi connectivity index (χ1) is 14.5. The van der Waals surface area contributed by atoms with Crippen molar-refractivity contribution in [3.05, 3.63) is 29.8 Å². The van der Waals surface area contributed by atoms with E-state index in [4.69, 9.17) is 14.5 Å². The molecule has 30 heavy (non-hydrogen) atoms. The molecule has 0 aliphatic carbocycles. The van der Waals surface area contributed by atoms with Gasteiger partial charge in [0, 0.05) is 32.2 Å². The predicted octanol–water partition coefficient (Wildman–Crippen LogP) is 3.63. The van der Waals surface area contributed by atoms with Crippen LogP contribution in [0.2, 0.25) is 0 Å². The molecule has 0 saturated carbocycles. The summed E-state index contributed by atoms with van der Waals surface area (Å²) in [5.41, 5.74) is 1.25. The molecule has 0 bridgehead atoms. The van der Waals surface area contributed by atoms with E-state index < -0.39 is 0 Å². The quantitative estimate of drug-likeness (QED) is 0.326. The molecule has 2 N–H and O–H groups in total. The minimum Gasteiger partial charge on any atom is -0.491 e. The fourth-order valence-electron chi connectivity index (χ4n) is 3.63. The number of ether oxygens (including phenoxy) is 2. The summed E-state index contributed by atoms with van der Waals surface area (Å²) in [6.07, 6.45) is 2.57. The van der Waals surface area contributed by atoms with Crippen LogP contribution in [-0.4, -0.2) is 68.9 Å². The van der Waals surface area contributed by atoms with E-state index in [0.29, 0.717) is 31.2 Å². The molecule has 1 fully saturated rings. The molecule has 0 radical (unpaired) electrons. The maximum atomic E-state index is 6.00. The van der Waals surface area contributed by atoms with Crippen LogP contribution in [-0.2, 0) is 4.74 Å². The van der Waals surface area contributed by atoms with Gasteiger partial charge in [-0.05, 0) is 51.2 Å². The lowest BCUT2D eigenvalue weighted by Gasteiger charge is -2.33. The van der Waals surface area contributed by atoms with E-state index in [9.17, 15) is 0 Å². The van der Waals surface area contributed by atoms with Crippen molar-refractivity contribution < 1.29 is 9.47 Å². The molecule has 6 heteroatoms. The van der Waals surface area contributed by atoms with Crippen LogP contribution in [0.1, 0.15) is 58.9 Å². The summed E-state index contributed by atoms with van der Waals surface area (Å²) in [6.45, 7) is 16.8. The highest BCUT2D eigenvalue weighted by Crippen LogP contribution is 2.25. The Bertz CT molecular complexity index is 625. The molecule has 6 nitrogen and oxygen atoms in total. The summed E-state index contributed by atoms with van der Waals surface area (Å²) in [4.78, 5) is 7.21. The van der Waals surface area contributed by atoms with Crippen LogP contribution in [0.3, 0.4) is 0 Å². The summed E-state index contributed by atoms with van der Waals surface area (Å²) in [5, 5.41) is 6.97. The van der Waals surface area contributed by atoms with Crippen LogP contribution in [0, 0.1) is 0 Å². The SMILES string of the molecule is CCNC(=NCCOc1ccccc1C(C)C)NC1CCN(CCOC(C)C)CC1. The molecule has 170 valence electrons.